The molecule has 4 N–H and O–H groups in total. The molecule has 0 spiro atoms. The molecule has 0 aliphatic carbocycles. The van der Waals surface area contributed by atoms with E-state index in [1.165, 1.54) is 12.3 Å². The van der Waals surface area contributed by atoms with Crippen molar-refractivity contribution in [1.82, 2.24) is 10.7 Å². The molecule has 0 bridgehead atoms. The zero-order chi connectivity index (χ0) is 26.9. The largest absolute Gasteiger partial charge is 0.506 e. The number of hydrogen-bond acceptors (Lipinski definition) is 6. The minimum absolute atomic E-state index is 0.0149. The van der Waals surface area contributed by atoms with Gasteiger partial charge in [0.05, 0.1) is 10.7 Å². The van der Waals surface area contributed by atoms with Crippen molar-refractivity contribution >= 4 is 61.7 Å². The van der Waals surface area contributed by atoms with E-state index in [9.17, 15) is 19.8 Å². The number of amides is 2. The number of carbonyl (C=O) groups is 2. The molecule has 3 aromatic rings. The Hall–Kier alpha value is -3.63. The van der Waals surface area contributed by atoms with Crippen molar-refractivity contribution in [3.8, 4) is 11.5 Å². The fourth-order valence-electron chi connectivity index (χ4n) is 3.42. The molecule has 0 aliphatic heterocycles. The van der Waals surface area contributed by atoms with Crippen LogP contribution in [0.25, 0.3) is 6.08 Å². The van der Waals surface area contributed by atoms with Crippen LogP contribution in [0.5, 0.6) is 11.5 Å². The number of nitrogens with one attached hydrogen (secondary N) is 2. The molecular weight excluding hydrogens is 604 g/mol. The van der Waals surface area contributed by atoms with Gasteiger partial charge in [-0.1, -0.05) is 30.3 Å². The third kappa shape index (κ3) is 7.21. The van der Waals surface area contributed by atoms with Gasteiger partial charge >= 0.3 is 0 Å². The van der Waals surface area contributed by atoms with Crippen molar-refractivity contribution in [2.45, 2.75) is 13.8 Å². The first-order valence-electron chi connectivity index (χ1n) is 11.4. The van der Waals surface area contributed by atoms with E-state index in [2.05, 4.69) is 66.5 Å². The monoisotopic (exact) mass is 628 g/mol. The summed E-state index contributed by atoms with van der Waals surface area (Å²) in [6.45, 7) is 5.89. The zero-order valence-electron chi connectivity index (χ0n) is 20.2. The lowest BCUT2D eigenvalue weighted by atomic mass is 10.1. The SMILES string of the molecule is CCN(CC)c1ccc(/C=C(/NC(=O)c2ccccc2)C(=O)N/N=C/c2cc(Br)c(O)c(Br)c2O)cc1. The summed E-state index contributed by atoms with van der Waals surface area (Å²) in [5.41, 5.74) is 4.75. The van der Waals surface area contributed by atoms with E-state index in [1.54, 1.807) is 36.4 Å². The molecule has 3 rings (SSSR count). The Morgan fingerprint density at radius 1 is 0.973 bits per heavy atom. The summed E-state index contributed by atoms with van der Waals surface area (Å²) < 4.78 is 0.410. The number of hydrazone groups is 1. The molecule has 0 saturated heterocycles. The molecule has 0 radical (unpaired) electrons. The molecule has 8 nitrogen and oxygen atoms in total. The first-order valence-corrected chi connectivity index (χ1v) is 13.0. The molecule has 0 unspecified atom stereocenters. The van der Waals surface area contributed by atoms with Gasteiger partial charge < -0.3 is 20.4 Å². The highest BCUT2D eigenvalue weighted by molar-refractivity contribution is 9.11. The lowest BCUT2D eigenvalue weighted by Crippen LogP contribution is -2.32. The third-order valence-corrected chi connectivity index (χ3v) is 6.78. The van der Waals surface area contributed by atoms with E-state index in [0.29, 0.717) is 15.6 Å². The molecule has 0 aromatic heterocycles. The molecule has 0 aliphatic rings. The van der Waals surface area contributed by atoms with Crippen molar-refractivity contribution in [1.29, 1.82) is 0 Å². The number of nitrogens with zero attached hydrogens (tertiary/aromatic N) is 2. The maximum absolute atomic E-state index is 13.0. The van der Waals surface area contributed by atoms with Crippen LogP contribution in [0.3, 0.4) is 0 Å². The maximum atomic E-state index is 13.0. The van der Waals surface area contributed by atoms with Crippen LogP contribution in [0.2, 0.25) is 0 Å². The van der Waals surface area contributed by atoms with Gasteiger partial charge in [-0.05, 0) is 87.7 Å². The number of phenols is 2. The van der Waals surface area contributed by atoms with Crippen molar-refractivity contribution in [3.05, 3.63) is 92.0 Å². The van der Waals surface area contributed by atoms with Crippen LogP contribution in [0.15, 0.2) is 80.4 Å². The van der Waals surface area contributed by atoms with Crippen molar-refractivity contribution < 1.29 is 19.8 Å². The summed E-state index contributed by atoms with van der Waals surface area (Å²) in [4.78, 5) is 28.0. The van der Waals surface area contributed by atoms with Crippen molar-refractivity contribution in [2.24, 2.45) is 5.10 Å². The van der Waals surface area contributed by atoms with Gasteiger partial charge in [-0.25, -0.2) is 5.43 Å². The lowest BCUT2D eigenvalue weighted by molar-refractivity contribution is -0.117. The standard InChI is InChI=1S/C27H26Br2N4O4/c1-3-33(4-2)20-12-10-17(11-13-20)14-22(31-26(36)18-8-6-5-7-9-18)27(37)32-30-16-19-15-21(28)25(35)23(29)24(19)34/h5-16,34-35H,3-4H2,1-2H3,(H,31,36)(H,32,37)/b22-14+,30-16+. The van der Waals surface area contributed by atoms with Crippen LogP contribution in [-0.2, 0) is 4.79 Å². The quantitative estimate of drug-likeness (QED) is 0.144. The van der Waals surface area contributed by atoms with Crippen LogP contribution in [0, 0.1) is 0 Å². The molecule has 192 valence electrons. The topological polar surface area (TPSA) is 114 Å². The van der Waals surface area contributed by atoms with Gasteiger partial charge in [0.2, 0.25) is 0 Å². The Morgan fingerprint density at radius 3 is 2.24 bits per heavy atom. The molecule has 10 heteroatoms. The smallest absolute Gasteiger partial charge is 0.287 e. The Morgan fingerprint density at radius 2 is 1.62 bits per heavy atom. The van der Waals surface area contributed by atoms with Gasteiger partial charge in [0.25, 0.3) is 11.8 Å². The molecule has 0 heterocycles. The van der Waals surface area contributed by atoms with Crippen LogP contribution in [-0.4, -0.2) is 41.3 Å². The molecule has 3 aromatic carbocycles. The molecule has 37 heavy (non-hydrogen) atoms. The second-order valence-electron chi connectivity index (χ2n) is 7.80. The third-order valence-electron chi connectivity index (χ3n) is 5.43. The maximum Gasteiger partial charge on any atom is 0.287 e. The van der Waals surface area contributed by atoms with E-state index in [4.69, 9.17) is 0 Å². The van der Waals surface area contributed by atoms with Crippen LogP contribution in [0.4, 0.5) is 5.69 Å². The second kappa shape index (κ2) is 13.1. The van der Waals surface area contributed by atoms with E-state index in [0.717, 1.165) is 18.8 Å². The molecular formula is C27H26Br2N4O4. The van der Waals surface area contributed by atoms with Crippen LogP contribution in [0.1, 0.15) is 35.3 Å². The Bertz CT molecular complexity index is 1320. The normalized spacial score (nSPS) is 11.4. The van der Waals surface area contributed by atoms with Gasteiger partial charge in [-0.3, -0.25) is 9.59 Å². The second-order valence-corrected chi connectivity index (χ2v) is 9.45. The van der Waals surface area contributed by atoms with Gasteiger partial charge in [0.15, 0.2) is 0 Å². The first-order chi connectivity index (χ1) is 17.7. The average Bonchev–Trinajstić information content (AvgIpc) is 2.91. The molecule has 2 amide bonds. The van der Waals surface area contributed by atoms with Gasteiger partial charge in [0, 0.05) is 29.9 Å². The summed E-state index contributed by atoms with van der Waals surface area (Å²) >= 11 is 6.28. The van der Waals surface area contributed by atoms with Gasteiger partial charge in [-0.15, -0.1) is 0 Å². The predicted molar refractivity (Wildman–Crippen MR) is 153 cm³/mol. The first kappa shape index (κ1) is 27.9. The van der Waals surface area contributed by atoms with Crippen molar-refractivity contribution in [3.63, 3.8) is 0 Å². The highest BCUT2D eigenvalue weighted by Crippen LogP contribution is 2.40. The Kier molecular flexibility index (Phi) is 9.87. The predicted octanol–water partition coefficient (Wildman–Crippen LogP) is 5.39. The van der Waals surface area contributed by atoms with E-state index >= 15 is 0 Å². The van der Waals surface area contributed by atoms with Crippen molar-refractivity contribution in [2.75, 3.05) is 18.0 Å². The van der Waals surface area contributed by atoms with E-state index < -0.39 is 11.8 Å². The number of hydrogen-bond donors (Lipinski definition) is 4. The summed E-state index contributed by atoms with van der Waals surface area (Å²) in [6.07, 6.45) is 2.78. The molecule has 0 fully saturated rings. The number of halogens is 2. The Balaban J connectivity index is 1.86. The summed E-state index contributed by atoms with van der Waals surface area (Å²) in [5, 5.41) is 26.6. The van der Waals surface area contributed by atoms with Crippen LogP contribution >= 0.6 is 31.9 Å². The summed E-state index contributed by atoms with van der Waals surface area (Å²) in [5.74, 6) is -1.53. The average molecular weight is 630 g/mol. The number of rotatable bonds is 9. The Labute approximate surface area is 232 Å². The minimum Gasteiger partial charge on any atom is -0.506 e. The number of carbonyl (C=O) groups excluding carboxylic acids is 2. The summed E-state index contributed by atoms with van der Waals surface area (Å²) in [7, 11) is 0. The summed E-state index contributed by atoms with van der Waals surface area (Å²) in [6, 6.07) is 17.6. The fraction of sp³-hybridized carbons (Fsp3) is 0.148. The highest BCUT2D eigenvalue weighted by Gasteiger charge is 2.16. The van der Waals surface area contributed by atoms with Gasteiger partial charge in [-0.2, -0.15) is 5.10 Å². The van der Waals surface area contributed by atoms with Crippen LogP contribution < -0.4 is 15.6 Å². The number of aromatic hydroxyl groups is 2. The minimum atomic E-state index is -0.662. The van der Waals surface area contributed by atoms with E-state index in [-0.39, 0.29) is 27.2 Å². The van der Waals surface area contributed by atoms with Gasteiger partial charge in [0.1, 0.15) is 21.7 Å². The zero-order valence-corrected chi connectivity index (χ0v) is 23.4. The fourth-order valence-corrected chi connectivity index (χ4v) is 4.57. The molecule has 0 atom stereocenters. The van der Waals surface area contributed by atoms with E-state index in [1.807, 2.05) is 24.3 Å². The number of anilines is 1. The highest BCUT2D eigenvalue weighted by atomic mass is 79.9. The number of benzene rings is 3. The molecule has 0 saturated carbocycles. The lowest BCUT2D eigenvalue weighted by Gasteiger charge is -2.21. The number of phenolic OH excluding ortho intramolecular Hbond substituents is 2.